The molecule has 2 fully saturated rings. The molecule has 0 saturated carbocycles. The summed E-state index contributed by atoms with van der Waals surface area (Å²) in [6, 6.07) is 9.51. The van der Waals surface area contributed by atoms with E-state index < -0.39 is 12.2 Å². The number of H-pyrrole nitrogens is 1. The summed E-state index contributed by atoms with van der Waals surface area (Å²) >= 11 is 0. The highest BCUT2D eigenvalue weighted by Crippen LogP contribution is 2.28. The number of amides is 1. The summed E-state index contributed by atoms with van der Waals surface area (Å²) in [5.74, 6) is 0.0122. The Morgan fingerprint density at radius 3 is 2.81 bits per heavy atom. The molecule has 0 aliphatic carbocycles. The van der Waals surface area contributed by atoms with Gasteiger partial charge in [0.1, 0.15) is 6.17 Å². The van der Waals surface area contributed by atoms with Gasteiger partial charge in [0.15, 0.2) is 0 Å². The highest BCUT2D eigenvalue weighted by Gasteiger charge is 2.39. The Labute approximate surface area is 151 Å². The van der Waals surface area contributed by atoms with Crippen LogP contribution in [-0.4, -0.2) is 71.0 Å². The van der Waals surface area contributed by atoms with Gasteiger partial charge in [-0.2, -0.15) is 5.10 Å². The van der Waals surface area contributed by atoms with E-state index in [1.54, 1.807) is 11.1 Å². The summed E-state index contributed by atoms with van der Waals surface area (Å²) in [5.41, 5.74) is 2.93. The highest BCUT2D eigenvalue weighted by molar-refractivity contribution is 5.82. The van der Waals surface area contributed by atoms with Crippen LogP contribution < -0.4 is 0 Å². The number of aromatic amines is 1. The van der Waals surface area contributed by atoms with Crippen molar-refractivity contribution in [1.82, 2.24) is 20.0 Å². The third-order valence-electron chi connectivity index (χ3n) is 5.11. The number of hydrogen-bond acceptors (Lipinski definition) is 4. The predicted molar refractivity (Wildman–Crippen MR) is 95.1 cm³/mol. The van der Waals surface area contributed by atoms with E-state index in [9.17, 15) is 9.18 Å². The smallest absolute Gasteiger partial charge is 0.240 e. The number of alkyl halides is 1. The molecule has 0 unspecified atom stereocenters. The molecule has 2 aliphatic rings. The molecule has 7 heteroatoms. The van der Waals surface area contributed by atoms with Crippen molar-refractivity contribution >= 4 is 5.91 Å². The number of ether oxygens (including phenoxy) is 1. The Bertz CT molecular complexity index is 745. The van der Waals surface area contributed by atoms with Crippen LogP contribution in [-0.2, 0) is 16.1 Å². The number of nitrogens with zero attached hydrogens (tertiary/aromatic N) is 3. The van der Waals surface area contributed by atoms with Gasteiger partial charge in [0.25, 0.3) is 0 Å². The van der Waals surface area contributed by atoms with E-state index in [0.717, 1.165) is 16.8 Å². The molecule has 1 aromatic heterocycles. The molecular weight excluding hydrogens is 335 g/mol. The second kappa shape index (κ2) is 7.55. The molecule has 2 atom stereocenters. The number of hydrogen-bond donors (Lipinski definition) is 1. The zero-order valence-electron chi connectivity index (χ0n) is 14.6. The Morgan fingerprint density at radius 1 is 1.27 bits per heavy atom. The molecule has 138 valence electrons. The summed E-state index contributed by atoms with van der Waals surface area (Å²) in [7, 11) is 0. The highest BCUT2D eigenvalue weighted by atomic mass is 19.1. The maximum absolute atomic E-state index is 14.1. The van der Waals surface area contributed by atoms with E-state index in [0.29, 0.717) is 32.8 Å². The third-order valence-corrected chi connectivity index (χ3v) is 5.11. The second-order valence-corrected chi connectivity index (χ2v) is 6.85. The standard InChI is InChI=1S/C19H23FN4O2/c20-16-10-17(19(25)23-6-8-26-9-7-23)24(13-16)12-15-11-21-22-18(15)14-4-2-1-3-5-14/h1-5,11,16-17H,6-10,12-13H2,(H,21,22)/t16-,17+/m1/s1. The number of aromatic nitrogens is 2. The molecule has 6 nitrogen and oxygen atoms in total. The van der Waals surface area contributed by atoms with Crippen LogP contribution in [0.5, 0.6) is 0 Å². The molecule has 2 saturated heterocycles. The summed E-state index contributed by atoms with van der Waals surface area (Å²) in [6.45, 7) is 3.05. The minimum absolute atomic E-state index is 0.0122. The van der Waals surface area contributed by atoms with Gasteiger partial charge in [-0.05, 0) is 5.56 Å². The SMILES string of the molecule is O=C([C@@H]1C[C@@H](F)CN1Cc1cn[nH]c1-c1ccccc1)N1CCOCC1. The first-order chi connectivity index (χ1) is 12.7. The largest absolute Gasteiger partial charge is 0.378 e. The Kier molecular flexibility index (Phi) is 4.99. The monoisotopic (exact) mass is 358 g/mol. The van der Waals surface area contributed by atoms with Crippen molar-refractivity contribution in [3.63, 3.8) is 0 Å². The summed E-state index contributed by atoms with van der Waals surface area (Å²) in [4.78, 5) is 16.6. The van der Waals surface area contributed by atoms with Crippen molar-refractivity contribution in [2.24, 2.45) is 0 Å². The van der Waals surface area contributed by atoms with Crippen molar-refractivity contribution in [3.05, 3.63) is 42.1 Å². The van der Waals surface area contributed by atoms with Gasteiger partial charge in [0.05, 0.1) is 31.1 Å². The van der Waals surface area contributed by atoms with Crippen LogP contribution in [0, 0.1) is 0 Å². The van der Waals surface area contributed by atoms with Crippen molar-refractivity contribution in [3.8, 4) is 11.3 Å². The fourth-order valence-electron chi connectivity index (χ4n) is 3.78. The molecular formula is C19H23FN4O2. The fourth-order valence-corrected chi connectivity index (χ4v) is 3.78. The fraction of sp³-hybridized carbons (Fsp3) is 0.474. The first-order valence-electron chi connectivity index (χ1n) is 9.04. The van der Waals surface area contributed by atoms with Gasteiger partial charge in [-0.1, -0.05) is 30.3 Å². The molecule has 1 aromatic carbocycles. The lowest BCUT2D eigenvalue weighted by Crippen LogP contribution is -2.49. The summed E-state index contributed by atoms with van der Waals surface area (Å²) in [5, 5.41) is 7.19. The van der Waals surface area contributed by atoms with Gasteiger partial charge in [-0.3, -0.25) is 14.8 Å². The van der Waals surface area contributed by atoms with Crippen molar-refractivity contribution in [2.45, 2.75) is 25.2 Å². The van der Waals surface area contributed by atoms with Crippen molar-refractivity contribution in [1.29, 1.82) is 0 Å². The molecule has 26 heavy (non-hydrogen) atoms. The van der Waals surface area contributed by atoms with Gasteiger partial charge in [-0.15, -0.1) is 0 Å². The first-order valence-corrected chi connectivity index (χ1v) is 9.04. The number of likely N-dealkylation sites (tertiary alicyclic amines) is 1. The molecule has 0 spiro atoms. The van der Waals surface area contributed by atoms with Gasteiger partial charge >= 0.3 is 0 Å². The van der Waals surface area contributed by atoms with Gasteiger partial charge in [0, 0.05) is 38.2 Å². The van der Waals surface area contributed by atoms with E-state index in [-0.39, 0.29) is 18.9 Å². The topological polar surface area (TPSA) is 61.5 Å². The lowest BCUT2D eigenvalue weighted by atomic mass is 10.1. The zero-order chi connectivity index (χ0) is 17.9. The Hall–Kier alpha value is -2.25. The third kappa shape index (κ3) is 3.50. The van der Waals surface area contributed by atoms with E-state index in [2.05, 4.69) is 10.2 Å². The van der Waals surface area contributed by atoms with E-state index in [1.807, 2.05) is 35.2 Å². The molecule has 4 rings (SSSR count). The first kappa shape index (κ1) is 17.2. The van der Waals surface area contributed by atoms with Crippen molar-refractivity contribution in [2.75, 3.05) is 32.8 Å². The van der Waals surface area contributed by atoms with Crippen LogP contribution in [0.4, 0.5) is 4.39 Å². The number of halogens is 1. The second-order valence-electron chi connectivity index (χ2n) is 6.85. The van der Waals surface area contributed by atoms with Crippen LogP contribution in [0.1, 0.15) is 12.0 Å². The van der Waals surface area contributed by atoms with E-state index in [1.165, 1.54) is 0 Å². The maximum Gasteiger partial charge on any atom is 0.240 e. The Balaban J connectivity index is 1.52. The van der Waals surface area contributed by atoms with E-state index in [4.69, 9.17) is 4.74 Å². The number of benzene rings is 1. The molecule has 2 aliphatic heterocycles. The molecule has 1 amide bonds. The molecule has 2 aromatic rings. The molecule has 1 N–H and O–H groups in total. The average molecular weight is 358 g/mol. The van der Waals surface area contributed by atoms with E-state index >= 15 is 0 Å². The molecule has 0 radical (unpaired) electrons. The lowest BCUT2D eigenvalue weighted by molar-refractivity contribution is -0.140. The number of rotatable bonds is 4. The zero-order valence-corrected chi connectivity index (χ0v) is 14.6. The lowest BCUT2D eigenvalue weighted by Gasteiger charge is -2.32. The quantitative estimate of drug-likeness (QED) is 0.906. The van der Waals surface area contributed by atoms with Gasteiger partial charge in [-0.25, -0.2) is 4.39 Å². The van der Waals surface area contributed by atoms with Crippen LogP contribution in [0.2, 0.25) is 0 Å². The number of carbonyl (C=O) groups excluding carboxylic acids is 1. The normalized spacial score (nSPS) is 24.1. The number of nitrogens with one attached hydrogen (secondary N) is 1. The van der Waals surface area contributed by atoms with Gasteiger partial charge in [0.2, 0.25) is 5.91 Å². The molecule has 0 bridgehead atoms. The van der Waals surface area contributed by atoms with Crippen molar-refractivity contribution < 1.29 is 13.9 Å². The number of carbonyl (C=O) groups is 1. The predicted octanol–water partition coefficient (Wildman–Crippen LogP) is 1.85. The minimum Gasteiger partial charge on any atom is -0.378 e. The van der Waals surface area contributed by atoms with Crippen LogP contribution in [0.25, 0.3) is 11.3 Å². The average Bonchev–Trinajstić information content (AvgIpc) is 3.29. The summed E-state index contributed by atoms with van der Waals surface area (Å²) < 4.78 is 19.5. The molecule has 3 heterocycles. The number of morpholine rings is 1. The van der Waals surface area contributed by atoms with Crippen LogP contribution >= 0.6 is 0 Å². The van der Waals surface area contributed by atoms with Gasteiger partial charge < -0.3 is 9.64 Å². The van der Waals surface area contributed by atoms with Crippen LogP contribution in [0.3, 0.4) is 0 Å². The Morgan fingerprint density at radius 2 is 2.04 bits per heavy atom. The van der Waals surface area contributed by atoms with Crippen LogP contribution in [0.15, 0.2) is 36.5 Å². The maximum atomic E-state index is 14.1. The minimum atomic E-state index is -0.975. The summed E-state index contributed by atoms with van der Waals surface area (Å²) in [6.07, 6.45) is 1.05.